The molecule has 0 bridgehead atoms. The van der Waals surface area contributed by atoms with Gasteiger partial charge in [0.05, 0.1) is 0 Å². The van der Waals surface area contributed by atoms with E-state index in [-0.39, 0.29) is 0 Å². The molecule has 1 aromatic carbocycles. The van der Waals surface area contributed by atoms with Gasteiger partial charge in [-0.15, -0.1) is 0 Å². The average molecular weight is 261 g/mol. The van der Waals surface area contributed by atoms with Crippen LogP contribution in [-0.4, -0.2) is 9.55 Å². The van der Waals surface area contributed by atoms with Gasteiger partial charge in [-0.3, -0.25) is 0 Å². The van der Waals surface area contributed by atoms with E-state index in [1.165, 1.54) is 18.5 Å². The average Bonchev–Trinajstić information content (AvgIpc) is 2.77. The molecule has 94 valence electrons. The highest BCUT2D eigenvalue weighted by Crippen LogP contribution is 2.28. The zero-order valence-corrected chi connectivity index (χ0v) is 11.3. The Morgan fingerprint density at radius 3 is 3.06 bits per heavy atom. The van der Waals surface area contributed by atoms with E-state index in [1.807, 2.05) is 24.4 Å². The Bertz CT molecular complexity index is 559. The smallest absolute Gasteiger partial charge is 0.113 e. The summed E-state index contributed by atoms with van der Waals surface area (Å²) in [6.45, 7) is 3.38. The van der Waals surface area contributed by atoms with Gasteiger partial charge in [0, 0.05) is 29.9 Å². The Morgan fingerprint density at radius 2 is 2.22 bits per heavy atom. The first kappa shape index (κ1) is 11.8. The zero-order valence-electron chi connectivity index (χ0n) is 10.6. The Hall–Kier alpha value is -1.28. The molecule has 0 saturated heterocycles. The number of hydrogen-bond donors (Lipinski definition) is 0. The van der Waals surface area contributed by atoms with Crippen molar-refractivity contribution >= 4 is 11.6 Å². The van der Waals surface area contributed by atoms with Crippen molar-refractivity contribution in [2.75, 3.05) is 0 Å². The number of imidazole rings is 1. The molecule has 18 heavy (non-hydrogen) atoms. The third-order valence-corrected chi connectivity index (χ3v) is 4.17. The number of hydrogen-bond acceptors (Lipinski definition) is 1. The minimum atomic E-state index is 0.631. The maximum Gasteiger partial charge on any atom is 0.113 e. The second-order valence-corrected chi connectivity index (χ2v) is 5.47. The van der Waals surface area contributed by atoms with Crippen LogP contribution in [0.4, 0.5) is 0 Å². The lowest BCUT2D eigenvalue weighted by atomic mass is 9.98. The number of aromatic nitrogens is 2. The molecule has 1 aliphatic rings. The number of rotatable bonds is 2. The molecule has 0 fully saturated rings. The summed E-state index contributed by atoms with van der Waals surface area (Å²) in [5.41, 5.74) is 2.54. The van der Waals surface area contributed by atoms with Crippen molar-refractivity contribution in [3.8, 4) is 0 Å². The van der Waals surface area contributed by atoms with Crippen molar-refractivity contribution in [3.05, 3.63) is 52.6 Å². The lowest BCUT2D eigenvalue weighted by Crippen LogP contribution is -2.15. The van der Waals surface area contributed by atoms with Gasteiger partial charge in [-0.2, -0.15) is 0 Å². The van der Waals surface area contributed by atoms with Crippen molar-refractivity contribution in [1.29, 1.82) is 0 Å². The van der Waals surface area contributed by atoms with Gasteiger partial charge < -0.3 is 4.57 Å². The molecular formula is C15H17ClN2. The molecule has 0 N–H and O–H groups in total. The predicted octanol–water partition coefficient (Wildman–Crippen LogP) is 4.02. The van der Waals surface area contributed by atoms with Gasteiger partial charge in [0.15, 0.2) is 0 Å². The van der Waals surface area contributed by atoms with Gasteiger partial charge in [-0.05, 0) is 30.4 Å². The molecule has 3 rings (SSSR count). The highest BCUT2D eigenvalue weighted by atomic mass is 35.5. The number of nitrogens with zero attached hydrogens (tertiary/aromatic N) is 2. The van der Waals surface area contributed by atoms with Crippen LogP contribution < -0.4 is 0 Å². The molecule has 1 aliphatic heterocycles. The van der Waals surface area contributed by atoms with Crippen LogP contribution >= 0.6 is 11.6 Å². The van der Waals surface area contributed by atoms with Crippen molar-refractivity contribution in [1.82, 2.24) is 9.55 Å². The molecule has 1 atom stereocenters. The third-order valence-electron chi connectivity index (χ3n) is 3.80. The molecule has 0 radical (unpaired) electrons. The normalized spacial score (nSPS) is 18.7. The maximum atomic E-state index is 6.22. The quantitative estimate of drug-likeness (QED) is 0.797. The Morgan fingerprint density at radius 1 is 1.39 bits per heavy atom. The SMILES string of the molecule is CC1CCCn2c1cnc2Cc1ccccc1Cl. The summed E-state index contributed by atoms with van der Waals surface area (Å²) in [7, 11) is 0. The van der Waals surface area contributed by atoms with Crippen molar-refractivity contribution in [2.24, 2.45) is 0 Å². The number of halogens is 1. The molecular weight excluding hydrogens is 244 g/mol. The van der Waals surface area contributed by atoms with Gasteiger partial charge in [-0.1, -0.05) is 36.7 Å². The monoisotopic (exact) mass is 260 g/mol. The molecule has 1 aromatic heterocycles. The summed E-state index contributed by atoms with van der Waals surface area (Å²) >= 11 is 6.22. The summed E-state index contributed by atoms with van der Waals surface area (Å²) in [5.74, 6) is 1.77. The predicted molar refractivity (Wildman–Crippen MR) is 74.1 cm³/mol. The fourth-order valence-corrected chi connectivity index (χ4v) is 2.94. The molecule has 0 saturated carbocycles. The summed E-state index contributed by atoms with van der Waals surface area (Å²) in [4.78, 5) is 4.59. The lowest BCUT2D eigenvalue weighted by molar-refractivity contribution is 0.465. The minimum absolute atomic E-state index is 0.631. The Labute approximate surface area is 113 Å². The standard InChI is InChI=1S/C15H17ClN2/c1-11-5-4-8-18-14(11)10-17-15(18)9-12-6-2-3-7-13(12)16/h2-3,6-7,10-11H,4-5,8-9H2,1H3. The molecule has 3 heteroatoms. The first-order chi connectivity index (χ1) is 8.75. The van der Waals surface area contributed by atoms with E-state index in [9.17, 15) is 0 Å². The number of fused-ring (bicyclic) bond motifs is 1. The van der Waals surface area contributed by atoms with E-state index >= 15 is 0 Å². The van der Waals surface area contributed by atoms with E-state index in [4.69, 9.17) is 11.6 Å². The van der Waals surface area contributed by atoms with Crippen LogP contribution in [0, 0.1) is 0 Å². The molecule has 1 unspecified atom stereocenters. The Balaban J connectivity index is 1.92. The van der Waals surface area contributed by atoms with Gasteiger partial charge in [-0.25, -0.2) is 4.98 Å². The molecule has 2 aromatic rings. The third kappa shape index (κ3) is 2.05. The topological polar surface area (TPSA) is 17.8 Å². The second-order valence-electron chi connectivity index (χ2n) is 5.06. The van der Waals surface area contributed by atoms with Gasteiger partial charge in [0.2, 0.25) is 0 Å². The van der Waals surface area contributed by atoms with Crippen molar-refractivity contribution in [2.45, 2.75) is 38.6 Å². The van der Waals surface area contributed by atoms with Crippen molar-refractivity contribution in [3.63, 3.8) is 0 Å². The van der Waals surface area contributed by atoms with Gasteiger partial charge >= 0.3 is 0 Å². The molecule has 2 nitrogen and oxygen atoms in total. The van der Waals surface area contributed by atoms with E-state index < -0.39 is 0 Å². The van der Waals surface area contributed by atoms with E-state index in [0.29, 0.717) is 5.92 Å². The lowest BCUT2D eigenvalue weighted by Gasteiger charge is -2.22. The highest BCUT2D eigenvalue weighted by Gasteiger charge is 2.20. The molecule has 2 heterocycles. The molecule has 0 spiro atoms. The van der Waals surface area contributed by atoms with Crippen LogP contribution in [0.15, 0.2) is 30.5 Å². The molecule has 0 aliphatic carbocycles. The molecule has 0 amide bonds. The zero-order chi connectivity index (χ0) is 12.5. The van der Waals surface area contributed by atoms with Gasteiger partial charge in [0.25, 0.3) is 0 Å². The van der Waals surface area contributed by atoms with E-state index in [2.05, 4.69) is 22.5 Å². The van der Waals surface area contributed by atoms with Crippen LogP contribution in [-0.2, 0) is 13.0 Å². The van der Waals surface area contributed by atoms with E-state index in [0.717, 1.165) is 29.4 Å². The minimum Gasteiger partial charge on any atom is -0.332 e. The first-order valence-corrected chi connectivity index (χ1v) is 6.91. The summed E-state index contributed by atoms with van der Waals surface area (Å²) in [6.07, 6.45) is 5.39. The van der Waals surface area contributed by atoms with Crippen molar-refractivity contribution < 1.29 is 0 Å². The largest absolute Gasteiger partial charge is 0.332 e. The van der Waals surface area contributed by atoms with Crippen LogP contribution in [0.5, 0.6) is 0 Å². The van der Waals surface area contributed by atoms with Crippen LogP contribution in [0.3, 0.4) is 0 Å². The van der Waals surface area contributed by atoms with Gasteiger partial charge in [0.1, 0.15) is 5.82 Å². The summed E-state index contributed by atoms with van der Waals surface area (Å²) < 4.78 is 2.37. The highest BCUT2D eigenvalue weighted by molar-refractivity contribution is 6.31. The second kappa shape index (κ2) is 4.77. The van der Waals surface area contributed by atoms with E-state index in [1.54, 1.807) is 0 Å². The number of benzene rings is 1. The van der Waals surface area contributed by atoms with Crippen LogP contribution in [0.2, 0.25) is 5.02 Å². The summed E-state index contributed by atoms with van der Waals surface area (Å²) in [5, 5.41) is 0.832. The fourth-order valence-electron chi connectivity index (χ4n) is 2.74. The Kier molecular flexibility index (Phi) is 3.13. The van der Waals surface area contributed by atoms with Crippen LogP contribution in [0.25, 0.3) is 0 Å². The summed E-state index contributed by atoms with van der Waals surface area (Å²) in [6, 6.07) is 8.02. The first-order valence-electron chi connectivity index (χ1n) is 6.53. The maximum absolute atomic E-state index is 6.22. The van der Waals surface area contributed by atoms with Crippen LogP contribution in [0.1, 0.15) is 42.8 Å². The fraction of sp³-hybridized carbons (Fsp3) is 0.400.